The van der Waals surface area contributed by atoms with Gasteiger partial charge in [0, 0.05) is 5.56 Å². The molecular formula is C9H6ClF3O2. The quantitative estimate of drug-likeness (QED) is 0.740. The third kappa shape index (κ3) is 2.62. The number of hydrogen-bond donors (Lipinski definition) is 0. The molecule has 1 aromatic rings. The van der Waals surface area contributed by atoms with Crippen LogP contribution in [0, 0.1) is 0 Å². The van der Waals surface area contributed by atoms with Crippen LogP contribution in [0.3, 0.4) is 0 Å². The Morgan fingerprint density at radius 1 is 1.40 bits per heavy atom. The van der Waals surface area contributed by atoms with Gasteiger partial charge in [-0.3, -0.25) is 4.79 Å². The van der Waals surface area contributed by atoms with Crippen LogP contribution in [0.2, 0.25) is 0 Å². The smallest absolute Gasteiger partial charge is 0.419 e. The van der Waals surface area contributed by atoms with E-state index in [0.717, 1.165) is 25.3 Å². The van der Waals surface area contributed by atoms with Crippen LogP contribution >= 0.6 is 11.6 Å². The second-order valence-corrected chi connectivity index (χ2v) is 3.03. The number of methoxy groups -OCH3 is 1. The minimum Gasteiger partial charge on any atom is -0.496 e. The summed E-state index contributed by atoms with van der Waals surface area (Å²) in [5.74, 6) is -0.422. The average Bonchev–Trinajstić information content (AvgIpc) is 2.15. The van der Waals surface area contributed by atoms with Crippen molar-refractivity contribution >= 4 is 16.8 Å². The first kappa shape index (κ1) is 11.8. The van der Waals surface area contributed by atoms with Crippen molar-refractivity contribution in [2.24, 2.45) is 0 Å². The molecule has 0 heterocycles. The fraction of sp³-hybridized carbons (Fsp3) is 0.222. The lowest BCUT2D eigenvalue weighted by molar-refractivity contribution is -0.138. The number of benzene rings is 1. The molecule has 15 heavy (non-hydrogen) atoms. The molecule has 0 amide bonds. The van der Waals surface area contributed by atoms with Gasteiger partial charge in [0.1, 0.15) is 5.75 Å². The third-order valence-electron chi connectivity index (χ3n) is 1.73. The summed E-state index contributed by atoms with van der Waals surface area (Å²) >= 11 is 5.12. The predicted octanol–water partition coefficient (Wildman–Crippen LogP) is 3.09. The summed E-state index contributed by atoms with van der Waals surface area (Å²) in [5, 5.41) is -0.831. The number of alkyl halides is 3. The van der Waals surface area contributed by atoms with Crippen LogP contribution in [-0.4, -0.2) is 12.4 Å². The molecule has 0 bridgehead atoms. The molecule has 0 N–H and O–H groups in total. The Balaban J connectivity index is 3.27. The first-order valence-corrected chi connectivity index (χ1v) is 4.19. The van der Waals surface area contributed by atoms with Gasteiger partial charge in [0.05, 0.1) is 12.7 Å². The van der Waals surface area contributed by atoms with Crippen LogP contribution in [-0.2, 0) is 6.18 Å². The molecule has 0 atom stereocenters. The summed E-state index contributed by atoms with van der Waals surface area (Å²) in [6.45, 7) is 0. The zero-order chi connectivity index (χ0) is 11.6. The van der Waals surface area contributed by atoms with Crippen LogP contribution in [0.15, 0.2) is 18.2 Å². The maximum Gasteiger partial charge on any atom is 0.419 e. The topological polar surface area (TPSA) is 26.3 Å². The van der Waals surface area contributed by atoms with Crippen molar-refractivity contribution < 1.29 is 22.7 Å². The second kappa shape index (κ2) is 4.10. The molecular weight excluding hydrogens is 233 g/mol. The number of hydrogen-bond acceptors (Lipinski definition) is 2. The lowest BCUT2D eigenvalue weighted by Gasteiger charge is -2.11. The summed E-state index contributed by atoms with van der Waals surface area (Å²) < 4.78 is 41.6. The Morgan fingerprint density at radius 3 is 2.40 bits per heavy atom. The molecule has 0 aliphatic carbocycles. The largest absolute Gasteiger partial charge is 0.496 e. The fourth-order valence-corrected chi connectivity index (χ4v) is 1.17. The van der Waals surface area contributed by atoms with E-state index < -0.39 is 22.7 Å². The van der Waals surface area contributed by atoms with Gasteiger partial charge in [0.2, 0.25) is 0 Å². The van der Waals surface area contributed by atoms with Crippen molar-refractivity contribution in [3.63, 3.8) is 0 Å². The molecule has 2 nitrogen and oxygen atoms in total. The molecule has 1 rings (SSSR count). The monoisotopic (exact) mass is 238 g/mol. The standard InChI is InChI=1S/C9H6ClF3O2/c1-15-7-4-5(8(10)14)2-3-6(7)9(11,12)13/h2-4H,1H3. The predicted molar refractivity (Wildman–Crippen MR) is 48.2 cm³/mol. The van der Waals surface area contributed by atoms with E-state index in [2.05, 4.69) is 4.74 Å². The van der Waals surface area contributed by atoms with Crippen molar-refractivity contribution in [1.82, 2.24) is 0 Å². The van der Waals surface area contributed by atoms with Gasteiger partial charge >= 0.3 is 6.18 Å². The summed E-state index contributed by atoms with van der Waals surface area (Å²) in [7, 11) is 1.09. The fourth-order valence-electron chi connectivity index (χ4n) is 1.05. The summed E-state index contributed by atoms with van der Waals surface area (Å²) in [6.07, 6.45) is -4.51. The lowest BCUT2D eigenvalue weighted by Crippen LogP contribution is -2.08. The highest BCUT2D eigenvalue weighted by Crippen LogP contribution is 2.36. The van der Waals surface area contributed by atoms with E-state index in [1.807, 2.05) is 0 Å². The number of halogens is 4. The molecule has 6 heteroatoms. The van der Waals surface area contributed by atoms with Crippen molar-refractivity contribution in [2.75, 3.05) is 7.11 Å². The highest BCUT2D eigenvalue weighted by Gasteiger charge is 2.34. The van der Waals surface area contributed by atoms with Crippen LogP contribution in [0.25, 0.3) is 0 Å². The molecule has 0 fully saturated rings. The Labute approximate surface area is 88.6 Å². The minimum atomic E-state index is -4.51. The zero-order valence-electron chi connectivity index (χ0n) is 7.56. The van der Waals surface area contributed by atoms with Crippen molar-refractivity contribution in [1.29, 1.82) is 0 Å². The van der Waals surface area contributed by atoms with Gasteiger partial charge in [0.25, 0.3) is 5.24 Å². The third-order valence-corrected chi connectivity index (χ3v) is 1.95. The number of carbonyl (C=O) groups excluding carboxylic acids is 1. The van der Waals surface area contributed by atoms with Gasteiger partial charge in [-0.05, 0) is 29.8 Å². The van der Waals surface area contributed by atoms with Crippen LogP contribution in [0.4, 0.5) is 13.2 Å². The van der Waals surface area contributed by atoms with E-state index in [4.69, 9.17) is 11.6 Å². The molecule has 0 saturated carbocycles. The van der Waals surface area contributed by atoms with Crippen LogP contribution < -0.4 is 4.74 Å². The van der Waals surface area contributed by atoms with Gasteiger partial charge in [-0.25, -0.2) is 0 Å². The highest BCUT2D eigenvalue weighted by atomic mass is 35.5. The zero-order valence-corrected chi connectivity index (χ0v) is 8.32. The molecule has 1 aromatic carbocycles. The Morgan fingerprint density at radius 2 is 2.00 bits per heavy atom. The maximum absolute atomic E-state index is 12.4. The van der Waals surface area contributed by atoms with Gasteiger partial charge in [-0.1, -0.05) is 0 Å². The maximum atomic E-state index is 12.4. The number of rotatable bonds is 2. The Hall–Kier alpha value is -1.23. The van der Waals surface area contributed by atoms with E-state index in [9.17, 15) is 18.0 Å². The molecule has 0 unspecified atom stereocenters. The molecule has 0 saturated heterocycles. The Kier molecular flexibility index (Phi) is 3.24. The summed E-state index contributed by atoms with van der Waals surface area (Å²) in [5.41, 5.74) is -0.979. The molecule has 82 valence electrons. The minimum absolute atomic E-state index is 0.0403. The number of carbonyl (C=O) groups is 1. The van der Waals surface area contributed by atoms with E-state index in [0.29, 0.717) is 0 Å². The van der Waals surface area contributed by atoms with Gasteiger partial charge in [-0.2, -0.15) is 13.2 Å². The second-order valence-electron chi connectivity index (χ2n) is 2.69. The summed E-state index contributed by atoms with van der Waals surface area (Å²) in [4.78, 5) is 10.7. The number of ether oxygens (including phenoxy) is 1. The van der Waals surface area contributed by atoms with Gasteiger partial charge in [-0.15, -0.1) is 0 Å². The van der Waals surface area contributed by atoms with Crippen molar-refractivity contribution in [3.8, 4) is 5.75 Å². The molecule has 0 aliphatic heterocycles. The van der Waals surface area contributed by atoms with E-state index >= 15 is 0 Å². The molecule has 0 spiro atoms. The van der Waals surface area contributed by atoms with Crippen molar-refractivity contribution in [2.45, 2.75) is 6.18 Å². The Bertz CT molecular complexity index is 387. The lowest BCUT2D eigenvalue weighted by atomic mass is 10.1. The SMILES string of the molecule is COc1cc(C(=O)Cl)ccc1C(F)(F)F. The first-order chi connectivity index (χ1) is 6.86. The van der Waals surface area contributed by atoms with Crippen LogP contribution in [0.5, 0.6) is 5.75 Å². The van der Waals surface area contributed by atoms with Gasteiger partial charge in [0.15, 0.2) is 0 Å². The van der Waals surface area contributed by atoms with E-state index in [-0.39, 0.29) is 5.56 Å². The summed E-state index contributed by atoms with van der Waals surface area (Å²) in [6, 6.07) is 2.72. The molecule has 0 radical (unpaired) electrons. The molecule has 0 aromatic heterocycles. The average molecular weight is 239 g/mol. The molecule has 0 aliphatic rings. The van der Waals surface area contributed by atoms with Crippen LogP contribution in [0.1, 0.15) is 15.9 Å². The normalized spacial score (nSPS) is 11.3. The van der Waals surface area contributed by atoms with Gasteiger partial charge < -0.3 is 4.74 Å². The van der Waals surface area contributed by atoms with E-state index in [1.54, 1.807) is 0 Å². The van der Waals surface area contributed by atoms with Crippen molar-refractivity contribution in [3.05, 3.63) is 29.3 Å². The van der Waals surface area contributed by atoms with E-state index in [1.165, 1.54) is 0 Å². The first-order valence-electron chi connectivity index (χ1n) is 3.81. The highest BCUT2D eigenvalue weighted by molar-refractivity contribution is 6.67.